The van der Waals surface area contributed by atoms with Gasteiger partial charge in [-0.15, -0.1) is 11.3 Å². The molecule has 0 aliphatic carbocycles. The Bertz CT molecular complexity index is 778. The Morgan fingerprint density at radius 2 is 2.09 bits per heavy atom. The molecule has 0 radical (unpaired) electrons. The third-order valence-corrected chi connectivity index (χ3v) is 4.09. The molecule has 0 fully saturated rings. The van der Waals surface area contributed by atoms with E-state index < -0.39 is 0 Å². The smallest absolute Gasteiger partial charge is 0.257 e. The number of hydrogen-bond acceptors (Lipinski definition) is 4. The summed E-state index contributed by atoms with van der Waals surface area (Å²) < 4.78 is 1.70. The average Bonchev–Trinajstić information content (AvgIpc) is 3.17. The molecule has 1 aromatic carbocycles. The number of benzene rings is 1. The highest BCUT2D eigenvalue weighted by Crippen LogP contribution is 2.13. The number of amides is 1. The fourth-order valence-corrected chi connectivity index (χ4v) is 2.78. The van der Waals surface area contributed by atoms with Gasteiger partial charge in [0.05, 0.1) is 34.7 Å². The zero-order valence-corrected chi connectivity index (χ0v) is 13.2. The van der Waals surface area contributed by atoms with E-state index in [1.165, 1.54) is 0 Å². The van der Waals surface area contributed by atoms with Crippen molar-refractivity contribution in [3.8, 4) is 5.69 Å². The molecule has 3 rings (SSSR count). The molecule has 0 unspecified atom stereocenters. The molecule has 0 saturated carbocycles. The molecule has 0 spiro atoms. The Balaban J connectivity index is 1.74. The molecule has 1 amide bonds. The van der Waals surface area contributed by atoms with Crippen LogP contribution in [-0.4, -0.2) is 32.6 Å². The lowest BCUT2D eigenvalue weighted by atomic mass is 10.3. The second-order valence-electron chi connectivity index (χ2n) is 5.03. The van der Waals surface area contributed by atoms with Gasteiger partial charge in [0.1, 0.15) is 0 Å². The summed E-state index contributed by atoms with van der Waals surface area (Å²) in [4.78, 5) is 18.5. The Morgan fingerprint density at radius 1 is 1.32 bits per heavy atom. The molecule has 2 heterocycles. The van der Waals surface area contributed by atoms with Crippen LogP contribution in [0, 0.1) is 6.92 Å². The van der Waals surface area contributed by atoms with Gasteiger partial charge in [-0.25, -0.2) is 9.67 Å². The van der Waals surface area contributed by atoms with Gasteiger partial charge < -0.3 is 4.90 Å². The number of thiazole rings is 1. The van der Waals surface area contributed by atoms with Crippen molar-refractivity contribution in [3.63, 3.8) is 0 Å². The third-order valence-electron chi connectivity index (χ3n) is 3.26. The van der Waals surface area contributed by atoms with Crippen molar-refractivity contribution in [1.29, 1.82) is 0 Å². The minimum absolute atomic E-state index is 0.0622. The SMILES string of the molecule is Cc1nc(CN(C)C(=O)c2cnn(-c3ccccc3)c2)cs1. The van der Waals surface area contributed by atoms with Crippen LogP contribution in [-0.2, 0) is 6.54 Å². The van der Waals surface area contributed by atoms with Crippen molar-refractivity contribution in [2.45, 2.75) is 13.5 Å². The fraction of sp³-hybridized carbons (Fsp3) is 0.188. The molecule has 0 aliphatic heterocycles. The quantitative estimate of drug-likeness (QED) is 0.744. The van der Waals surface area contributed by atoms with Gasteiger partial charge in [-0.05, 0) is 19.1 Å². The summed E-state index contributed by atoms with van der Waals surface area (Å²) in [5, 5.41) is 7.24. The molecule has 0 N–H and O–H groups in total. The fourth-order valence-electron chi connectivity index (χ4n) is 2.17. The highest BCUT2D eigenvalue weighted by atomic mass is 32.1. The lowest BCUT2D eigenvalue weighted by molar-refractivity contribution is 0.0783. The van der Waals surface area contributed by atoms with Crippen molar-refractivity contribution in [3.05, 3.63) is 64.4 Å². The summed E-state index contributed by atoms with van der Waals surface area (Å²) in [5.74, 6) is -0.0622. The van der Waals surface area contributed by atoms with Gasteiger partial charge in [0.15, 0.2) is 0 Å². The van der Waals surface area contributed by atoms with Gasteiger partial charge in [-0.3, -0.25) is 4.79 Å². The Labute approximate surface area is 132 Å². The number of aromatic nitrogens is 3. The first kappa shape index (κ1) is 14.5. The lowest BCUT2D eigenvalue weighted by Crippen LogP contribution is -2.26. The standard InChI is InChI=1S/C16H16N4OS/c1-12-18-14(11-22-12)10-19(2)16(21)13-8-17-20(9-13)15-6-4-3-5-7-15/h3-9,11H,10H2,1-2H3. The molecular formula is C16H16N4OS. The van der Waals surface area contributed by atoms with Crippen LogP contribution in [0.4, 0.5) is 0 Å². The largest absolute Gasteiger partial charge is 0.336 e. The number of carbonyl (C=O) groups excluding carboxylic acids is 1. The first-order valence-corrected chi connectivity index (χ1v) is 7.78. The highest BCUT2D eigenvalue weighted by molar-refractivity contribution is 7.09. The van der Waals surface area contributed by atoms with Crippen LogP contribution in [0.5, 0.6) is 0 Å². The number of nitrogens with zero attached hydrogens (tertiary/aromatic N) is 4. The normalized spacial score (nSPS) is 10.6. The number of hydrogen-bond donors (Lipinski definition) is 0. The number of aryl methyl sites for hydroxylation is 1. The molecule has 0 bridgehead atoms. The monoisotopic (exact) mass is 312 g/mol. The summed E-state index contributed by atoms with van der Waals surface area (Å²) in [7, 11) is 1.77. The maximum Gasteiger partial charge on any atom is 0.257 e. The van der Waals surface area contributed by atoms with Crippen molar-refractivity contribution < 1.29 is 4.79 Å². The Morgan fingerprint density at radius 3 is 2.77 bits per heavy atom. The number of para-hydroxylation sites is 1. The topological polar surface area (TPSA) is 51.0 Å². The molecule has 0 saturated heterocycles. The number of rotatable bonds is 4. The molecular weight excluding hydrogens is 296 g/mol. The highest BCUT2D eigenvalue weighted by Gasteiger charge is 2.15. The number of carbonyl (C=O) groups is 1. The van der Waals surface area contributed by atoms with Crippen LogP contribution in [0.1, 0.15) is 21.1 Å². The van der Waals surface area contributed by atoms with E-state index in [-0.39, 0.29) is 5.91 Å². The zero-order valence-electron chi connectivity index (χ0n) is 12.4. The van der Waals surface area contributed by atoms with Crippen LogP contribution in [0.15, 0.2) is 48.1 Å². The van der Waals surface area contributed by atoms with Crippen LogP contribution in [0.3, 0.4) is 0 Å². The van der Waals surface area contributed by atoms with Gasteiger partial charge in [-0.2, -0.15) is 5.10 Å². The summed E-state index contributed by atoms with van der Waals surface area (Å²) in [5.41, 5.74) is 2.41. The molecule has 22 heavy (non-hydrogen) atoms. The molecule has 0 atom stereocenters. The van der Waals surface area contributed by atoms with E-state index >= 15 is 0 Å². The predicted molar refractivity (Wildman–Crippen MR) is 86.2 cm³/mol. The van der Waals surface area contributed by atoms with Crippen molar-refractivity contribution in [2.75, 3.05) is 7.05 Å². The van der Waals surface area contributed by atoms with Crippen molar-refractivity contribution in [2.24, 2.45) is 0 Å². The molecule has 0 aliphatic rings. The van der Waals surface area contributed by atoms with Crippen LogP contribution in [0.2, 0.25) is 0 Å². The van der Waals surface area contributed by atoms with Crippen molar-refractivity contribution >= 4 is 17.2 Å². The van der Waals surface area contributed by atoms with Gasteiger partial charge in [-0.1, -0.05) is 18.2 Å². The van der Waals surface area contributed by atoms with Crippen LogP contribution < -0.4 is 0 Å². The lowest BCUT2D eigenvalue weighted by Gasteiger charge is -2.14. The van der Waals surface area contributed by atoms with E-state index in [1.54, 1.807) is 40.4 Å². The van der Waals surface area contributed by atoms with E-state index in [0.29, 0.717) is 12.1 Å². The minimum atomic E-state index is -0.0622. The summed E-state index contributed by atoms with van der Waals surface area (Å²) in [6.07, 6.45) is 3.35. The minimum Gasteiger partial charge on any atom is -0.336 e. The van der Waals surface area contributed by atoms with Crippen molar-refractivity contribution in [1.82, 2.24) is 19.7 Å². The summed E-state index contributed by atoms with van der Waals surface area (Å²) in [6.45, 7) is 2.46. The van der Waals surface area contributed by atoms with E-state index in [0.717, 1.165) is 16.4 Å². The van der Waals surface area contributed by atoms with Gasteiger partial charge in [0.25, 0.3) is 5.91 Å². The van der Waals surface area contributed by atoms with E-state index in [4.69, 9.17) is 0 Å². The molecule has 2 aromatic heterocycles. The van der Waals surface area contributed by atoms with Crippen LogP contribution >= 0.6 is 11.3 Å². The average molecular weight is 312 g/mol. The second kappa shape index (κ2) is 6.11. The van der Waals surface area contributed by atoms with Gasteiger partial charge in [0.2, 0.25) is 0 Å². The maximum atomic E-state index is 12.4. The first-order valence-electron chi connectivity index (χ1n) is 6.90. The Hall–Kier alpha value is -2.47. The summed E-state index contributed by atoms with van der Waals surface area (Å²) >= 11 is 1.59. The van der Waals surface area contributed by atoms with Gasteiger partial charge in [0, 0.05) is 18.6 Å². The van der Waals surface area contributed by atoms with E-state index in [9.17, 15) is 4.79 Å². The van der Waals surface area contributed by atoms with E-state index in [1.807, 2.05) is 42.6 Å². The summed E-state index contributed by atoms with van der Waals surface area (Å²) in [6, 6.07) is 9.72. The second-order valence-corrected chi connectivity index (χ2v) is 6.09. The first-order chi connectivity index (χ1) is 10.6. The predicted octanol–water partition coefficient (Wildman–Crippen LogP) is 2.91. The van der Waals surface area contributed by atoms with Gasteiger partial charge >= 0.3 is 0 Å². The molecule has 112 valence electrons. The maximum absolute atomic E-state index is 12.4. The molecule has 6 heteroatoms. The molecule has 3 aromatic rings. The third kappa shape index (κ3) is 3.07. The Kier molecular flexibility index (Phi) is 4.02. The van der Waals surface area contributed by atoms with Crippen LogP contribution in [0.25, 0.3) is 5.69 Å². The molecule has 5 nitrogen and oxygen atoms in total. The zero-order chi connectivity index (χ0) is 15.5. The van der Waals surface area contributed by atoms with E-state index in [2.05, 4.69) is 10.1 Å².